The summed E-state index contributed by atoms with van der Waals surface area (Å²) < 4.78 is 11.9. The number of rotatable bonds is 9. The molecule has 4 nitrogen and oxygen atoms in total. The van der Waals surface area contributed by atoms with E-state index in [1.165, 1.54) is 22.5 Å². The molecule has 0 spiro atoms. The molecule has 0 heterocycles. The average molecular weight is 397 g/mol. The number of hydrogen-bond donors (Lipinski definition) is 1. The van der Waals surface area contributed by atoms with Crippen LogP contribution in [-0.4, -0.2) is 29.5 Å². The third-order valence-electron chi connectivity index (χ3n) is 4.35. The lowest BCUT2D eigenvalue weighted by Gasteiger charge is -2.16. The van der Waals surface area contributed by atoms with Crippen LogP contribution in [0.15, 0.2) is 65.6 Å². The molecule has 1 atom stereocenters. The quantitative estimate of drug-likeness (QED) is 0.480. The molecule has 146 valence electrons. The molecule has 3 aromatic rings. The normalized spacial score (nSPS) is 11.9. The molecular weight excluding hydrogens is 372 g/mol. The summed E-state index contributed by atoms with van der Waals surface area (Å²) in [5.41, 5.74) is 1.02. The van der Waals surface area contributed by atoms with Crippen molar-refractivity contribution in [2.45, 2.75) is 31.3 Å². The van der Waals surface area contributed by atoms with Gasteiger partial charge in [0, 0.05) is 11.3 Å². The van der Waals surface area contributed by atoms with Crippen LogP contribution in [0.3, 0.4) is 0 Å². The van der Waals surface area contributed by atoms with Gasteiger partial charge in [0.25, 0.3) is 0 Å². The molecule has 3 aromatic carbocycles. The number of hydrogen-bond acceptors (Lipinski definition) is 4. The Morgan fingerprint density at radius 2 is 1.79 bits per heavy atom. The van der Waals surface area contributed by atoms with Gasteiger partial charge in [0.2, 0.25) is 0 Å². The largest absolute Gasteiger partial charge is 0.493 e. The Morgan fingerprint density at radius 3 is 2.54 bits per heavy atom. The Morgan fingerprint density at radius 1 is 1.04 bits per heavy atom. The Balaban J connectivity index is 1.48. The van der Waals surface area contributed by atoms with Crippen LogP contribution in [0.25, 0.3) is 10.8 Å². The van der Waals surface area contributed by atoms with Crippen molar-refractivity contribution in [1.29, 1.82) is 0 Å². The summed E-state index contributed by atoms with van der Waals surface area (Å²) in [6, 6.07) is 20.1. The molecule has 0 radical (unpaired) electrons. The number of fused-ring (bicyclic) bond motifs is 1. The van der Waals surface area contributed by atoms with Gasteiger partial charge in [-0.05, 0) is 60.5 Å². The first-order valence-corrected chi connectivity index (χ1v) is 10.2. The minimum absolute atomic E-state index is 0.0349. The van der Waals surface area contributed by atoms with E-state index in [9.17, 15) is 4.79 Å². The highest BCUT2D eigenvalue weighted by Crippen LogP contribution is 2.26. The zero-order valence-electron chi connectivity index (χ0n) is 16.1. The minimum Gasteiger partial charge on any atom is -0.493 e. The summed E-state index contributed by atoms with van der Waals surface area (Å²) in [4.78, 5) is 11.7. The van der Waals surface area contributed by atoms with E-state index in [0.29, 0.717) is 6.61 Å². The van der Waals surface area contributed by atoms with Gasteiger partial charge in [-0.15, -0.1) is 11.8 Å². The molecule has 5 heteroatoms. The molecule has 1 unspecified atom stereocenters. The fourth-order valence-electron chi connectivity index (χ4n) is 2.89. The summed E-state index contributed by atoms with van der Waals surface area (Å²) >= 11 is 1.32. The Kier molecular flexibility index (Phi) is 6.82. The van der Waals surface area contributed by atoms with Crippen LogP contribution in [0.4, 0.5) is 0 Å². The molecule has 0 fully saturated rings. The second-order valence-electron chi connectivity index (χ2n) is 6.68. The van der Waals surface area contributed by atoms with Crippen molar-refractivity contribution in [2.75, 3.05) is 12.4 Å². The monoisotopic (exact) mass is 396 g/mol. The molecule has 28 heavy (non-hydrogen) atoms. The smallest absolute Gasteiger partial charge is 0.313 e. The van der Waals surface area contributed by atoms with Crippen molar-refractivity contribution in [3.8, 4) is 11.5 Å². The van der Waals surface area contributed by atoms with Crippen molar-refractivity contribution >= 4 is 28.5 Å². The van der Waals surface area contributed by atoms with Gasteiger partial charge in [0.15, 0.2) is 0 Å². The van der Waals surface area contributed by atoms with Crippen molar-refractivity contribution < 1.29 is 19.4 Å². The van der Waals surface area contributed by atoms with E-state index in [1.54, 1.807) is 0 Å². The number of thioether (sulfide) groups is 1. The van der Waals surface area contributed by atoms with E-state index >= 15 is 0 Å². The predicted molar refractivity (Wildman–Crippen MR) is 114 cm³/mol. The summed E-state index contributed by atoms with van der Waals surface area (Å²) in [6.07, 6.45) is 0.800. The van der Waals surface area contributed by atoms with Crippen LogP contribution in [0.2, 0.25) is 0 Å². The van der Waals surface area contributed by atoms with Crippen LogP contribution in [-0.2, 0) is 4.79 Å². The van der Waals surface area contributed by atoms with Crippen LogP contribution >= 0.6 is 11.8 Å². The highest BCUT2D eigenvalue weighted by molar-refractivity contribution is 8.00. The Bertz CT molecular complexity index is 954. The van der Waals surface area contributed by atoms with E-state index in [-0.39, 0.29) is 11.9 Å². The highest BCUT2D eigenvalue weighted by Gasteiger charge is 2.08. The van der Waals surface area contributed by atoms with Gasteiger partial charge < -0.3 is 14.6 Å². The van der Waals surface area contributed by atoms with Gasteiger partial charge in [-0.3, -0.25) is 4.79 Å². The topological polar surface area (TPSA) is 55.8 Å². The Hall–Kier alpha value is -2.66. The third kappa shape index (κ3) is 5.67. The molecular formula is C23H24O4S. The van der Waals surface area contributed by atoms with Crippen LogP contribution < -0.4 is 9.47 Å². The Labute approximate surface area is 169 Å². The van der Waals surface area contributed by atoms with E-state index in [4.69, 9.17) is 14.6 Å². The van der Waals surface area contributed by atoms with Crippen molar-refractivity contribution in [3.63, 3.8) is 0 Å². The summed E-state index contributed by atoms with van der Waals surface area (Å²) in [7, 11) is 0. The maximum Gasteiger partial charge on any atom is 0.313 e. The lowest BCUT2D eigenvalue weighted by atomic mass is 10.1. The first kappa shape index (κ1) is 20.1. The fourth-order valence-corrected chi connectivity index (χ4v) is 3.62. The third-order valence-corrected chi connectivity index (χ3v) is 5.51. The number of aliphatic carboxylic acids is 1. The number of aryl methyl sites for hydroxylation is 1. The first-order chi connectivity index (χ1) is 13.5. The van der Waals surface area contributed by atoms with Gasteiger partial charge in [-0.2, -0.15) is 0 Å². The second kappa shape index (κ2) is 9.51. The van der Waals surface area contributed by atoms with E-state index in [1.807, 2.05) is 50.2 Å². The summed E-state index contributed by atoms with van der Waals surface area (Å²) in [6.45, 7) is 4.55. The zero-order chi connectivity index (χ0) is 19.9. The number of benzene rings is 3. The molecule has 0 amide bonds. The lowest BCUT2D eigenvalue weighted by molar-refractivity contribution is -0.133. The maximum atomic E-state index is 10.7. The second-order valence-corrected chi connectivity index (χ2v) is 7.70. The van der Waals surface area contributed by atoms with E-state index < -0.39 is 5.97 Å². The zero-order valence-corrected chi connectivity index (χ0v) is 16.9. The fraction of sp³-hybridized carbons (Fsp3) is 0.261. The number of carboxylic acids is 1. The van der Waals surface area contributed by atoms with Crippen molar-refractivity contribution in [1.82, 2.24) is 0 Å². The van der Waals surface area contributed by atoms with Gasteiger partial charge in [0.1, 0.15) is 11.5 Å². The van der Waals surface area contributed by atoms with Crippen LogP contribution in [0, 0.1) is 6.92 Å². The standard InChI is InChI=1S/C23H24O4S/c1-16-13-20(9-10-22(16)28-15-23(24)25)26-12-11-17(2)27-21-8-7-18-5-3-4-6-19(18)14-21/h3-10,13-14,17H,11-12,15H2,1-2H3,(H,24,25). The van der Waals surface area contributed by atoms with E-state index in [2.05, 4.69) is 24.3 Å². The number of carbonyl (C=O) groups is 1. The maximum absolute atomic E-state index is 10.7. The predicted octanol–water partition coefficient (Wildman–Crippen LogP) is 5.56. The van der Waals surface area contributed by atoms with Gasteiger partial charge >= 0.3 is 5.97 Å². The molecule has 0 aliphatic carbocycles. The lowest BCUT2D eigenvalue weighted by Crippen LogP contribution is -2.15. The van der Waals surface area contributed by atoms with Crippen molar-refractivity contribution in [3.05, 3.63) is 66.2 Å². The highest BCUT2D eigenvalue weighted by atomic mass is 32.2. The number of ether oxygens (including phenoxy) is 2. The molecule has 0 bridgehead atoms. The van der Waals surface area contributed by atoms with E-state index in [0.717, 1.165) is 28.4 Å². The van der Waals surface area contributed by atoms with Gasteiger partial charge in [-0.1, -0.05) is 30.3 Å². The molecule has 0 aliphatic rings. The summed E-state index contributed by atoms with van der Waals surface area (Å²) in [5, 5.41) is 11.2. The molecule has 0 aliphatic heterocycles. The SMILES string of the molecule is Cc1cc(OCCC(C)Oc2ccc3ccccc3c2)ccc1SCC(=O)O. The van der Waals surface area contributed by atoms with Gasteiger partial charge in [-0.25, -0.2) is 0 Å². The first-order valence-electron chi connectivity index (χ1n) is 9.25. The number of carboxylic acid groups (broad SMARTS) is 1. The van der Waals surface area contributed by atoms with Crippen LogP contribution in [0.1, 0.15) is 18.9 Å². The molecule has 0 saturated heterocycles. The van der Waals surface area contributed by atoms with Crippen molar-refractivity contribution in [2.24, 2.45) is 0 Å². The van der Waals surface area contributed by atoms with Gasteiger partial charge in [0.05, 0.1) is 18.5 Å². The molecule has 0 aromatic heterocycles. The molecule has 3 rings (SSSR count). The average Bonchev–Trinajstić information content (AvgIpc) is 2.67. The summed E-state index contributed by atoms with van der Waals surface area (Å²) in [5.74, 6) is 0.895. The minimum atomic E-state index is -0.815. The molecule has 1 N–H and O–H groups in total. The van der Waals surface area contributed by atoms with Crippen LogP contribution in [0.5, 0.6) is 11.5 Å². The molecule has 0 saturated carbocycles.